The molecule has 0 amide bonds. The maximum atomic E-state index is 5.72. The lowest BCUT2D eigenvalue weighted by Crippen LogP contribution is -2.30. The zero-order valence-electron chi connectivity index (χ0n) is 9.07. The maximum absolute atomic E-state index is 5.72. The lowest BCUT2D eigenvalue weighted by molar-refractivity contribution is 0.414. The maximum Gasteiger partial charge on any atom is 0.118 e. The zero-order chi connectivity index (χ0) is 10.7. The SMILES string of the molecule is COc1ccc(CC=C2CC(N)C2)cc1. The van der Waals surface area contributed by atoms with Crippen molar-refractivity contribution in [2.24, 2.45) is 5.73 Å². The lowest BCUT2D eigenvalue weighted by atomic mass is 9.86. The molecule has 1 aromatic rings. The molecule has 15 heavy (non-hydrogen) atoms. The van der Waals surface area contributed by atoms with E-state index in [-0.39, 0.29) is 0 Å². The fraction of sp³-hybridized carbons (Fsp3) is 0.385. The molecule has 1 aliphatic rings. The summed E-state index contributed by atoms with van der Waals surface area (Å²) >= 11 is 0. The highest BCUT2D eigenvalue weighted by atomic mass is 16.5. The fourth-order valence-electron chi connectivity index (χ4n) is 1.80. The van der Waals surface area contributed by atoms with Gasteiger partial charge < -0.3 is 10.5 Å². The number of hydrogen-bond acceptors (Lipinski definition) is 2. The van der Waals surface area contributed by atoms with E-state index in [0.717, 1.165) is 25.0 Å². The molecule has 2 nitrogen and oxygen atoms in total. The molecule has 0 aromatic heterocycles. The predicted molar refractivity (Wildman–Crippen MR) is 62.0 cm³/mol. The number of allylic oxidation sites excluding steroid dienone is 1. The number of methoxy groups -OCH3 is 1. The highest BCUT2D eigenvalue weighted by Gasteiger charge is 2.17. The summed E-state index contributed by atoms with van der Waals surface area (Å²) in [6.07, 6.45) is 5.46. The van der Waals surface area contributed by atoms with Gasteiger partial charge in [-0.25, -0.2) is 0 Å². The van der Waals surface area contributed by atoms with Crippen LogP contribution in [0.25, 0.3) is 0 Å². The average Bonchev–Trinajstić information content (AvgIpc) is 2.23. The third-order valence-electron chi connectivity index (χ3n) is 2.83. The molecule has 1 fully saturated rings. The van der Waals surface area contributed by atoms with E-state index >= 15 is 0 Å². The smallest absolute Gasteiger partial charge is 0.118 e. The van der Waals surface area contributed by atoms with Crippen molar-refractivity contribution >= 4 is 0 Å². The highest BCUT2D eigenvalue weighted by Crippen LogP contribution is 2.25. The molecular formula is C13H17NO. The normalized spacial score (nSPS) is 19.6. The monoisotopic (exact) mass is 203 g/mol. The second kappa shape index (κ2) is 4.49. The van der Waals surface area contributed by atoms with Crippen LogP contribution in [0, 0.1) is 0 Å². The summed E-state index contributed by atoms with van der Waals surface area (Å²) in [6.45, 7) is 0. The quantitative estimate of drug-likeness (QED) is 0.765. The summed E-state index contributed by atoms with van der Waals surface area (Å²) in [7, 11) is 1.69. The third-order valence-corrected chi connectivity index (χ3v) is 2.83. The zero-order valence-corrected chi connectivity index (χ0v) is 9.07. The molecule has 0 unspecified atom stereocenters. The molecule has 0 atom stereocenters. The van der Waals surface area contributed by atoms with Crippen molar-refractivity contribution in [3.05, 3.63) is 41.5 Å². The minimum Gasteiger partial charge on any atom is -0.497 e. The first kappa shape index (κ1) is 10.2. The first-order valence-corrected chi connectivity index (χ1v) is 5.34. The van der Waals surface area contributed by atoms with Crippen molar-refractivity contribution in [1.82, 2.24) is 0 Å². The summed E-state index contributed by atoms with van der Waals surface area (Å²) < 4.78 is 5.11. The van der Waals surface area contributed by atoms with Crippen LogP contribution in [0.15, 0.2) is 35.9 Å². The summed E-state index contributed by atoms with van der Waals surface area (Å²) in [5.41, 5.74) is 8.54. The largest absolute Gasteiger partial charge is 0.497 e. The van der Waals surface area contributed by atoms with Gasteiger partial charge in [0, 0.05) is 6.04 Å². The van der Waals surface area contributed by atoms with Crippen LogP contribution >= 0.6 is 0 Å². The van der Waals surface area contributed by atoms with E-state index in [9.17, 15) is 0 Å². The Balaban J connectivity index is 1.91. The molecule has 2 rings (SSSR count). The van der Waals surface area contributed by atoms with Crippen LogP contribution in [0.5, 0.6) is 5.75 Å². The van der Waals surface area contributed by atoms with Gasteiger partial charge in [0.2, 0.25) is 0 Å². The van der Waals surface area contributed by atoms with Crippen molar-refractivity contribution in [3.8, 4) is 5.75 Å². The molecule has 0 aliphatic heterocycles. The average molecular weight is 203 g/mol. The van der Waals surface area contributed by atoms with Crippen molar-refractivity contribution in [2.75, 3.05) is 7.11 Å². The van der Waals surface area contributed by atoms with Crippen LogP contribution in [0.1, 0.15) is 18.4 Å². The van der Waals surface area contributed by atoms with Crippen molar-refractivity contribution < 1.29 is 4.74 Å². The van der Waals surface area contributed by atoms with Crippen molar-refractivity contribution in [2.45, 2.75) is 25.3 Å². The second-order valence-corrected chi connectivity index (χ2v) is 4.08. The van der Waals surface area contributed by atoms with Gasteiger partial charge in [0.1, 0.15) is 5.75 Å². The molecule has 1 aliphatic carbocycles. The van der Waals surface area contributed by atoms with Crippen molar-refractivity contribution in [1.29, 1.82) is 0 Å². The number of ether oxygens (including phenoxy) is 1. The van der Waals surface area contributed by atoms with E-state index in [1.807, 2.05) is 12.1 Å². The molecule has 0 saturated heterocycles. The van der Waals surface area contributed by atoms with Gasteiger partial charge in [-0.1, -0.05) is 23.8 Å². The van der Waals surface area contributed by atoms with Gasteiger partial charge in [-0.05, 0) is 37.0 Å². The molecule has 80 valence electrons. The van der Waals surface area contributed by atoms with E-state index in [1.165, 1.54) is 11.1 Å². The van der Waals surface area contributed by atoms with Gasteiger partial charge in [0.25, 0.3) is 0 Å². The van der Waals surface area contributed by atoms with Gasteiger partial charge in [-0.3, -0.25) is 0 Å². The minimum atomic E-state index is 0.409. The van der Waals surface area contributed by atoms with E-state index in [0.29, 0.717) is 6.04 Å². The Morgan fingerprint density at radius 1 is 1.33 bits per heavy atom. The molecular weight excluding hydrogens is 186 g/mol. The topological polar surface area (TPSA) is 35.2 Å². The predicted octanol–water partition coefficient (Wildman–Crippen LogP) is 2.29. The van der Waals surface area contributed by atoms with Crippen LogP contribution in [0.3, 0.4) is 0 Å². The summed E-state index contributed by atoms with van der Waals surface area (Å²) in [5, 5.41) is 0. The van der Waals surface area contributed by atoms with Gasteiger partial charge in [0.05, 0.1) is 7.11 Å². The van der Waals surface area contributed by atoms with E-state index in [4.69, 9.17) is 10.5 Å². The lowest BCUT2D eigenvalue weighted by Gasteiger charge is -2.25. The first-order valence-electron chi connectivity index (χ1n) is 5.34. The number of benzene rings is 1. The molecule has 0 spiro atoms. The molecule has 2 heteroatoms. The molecule has 0 heterocycles. The Labute approximate surface area is 90.7 Å². The second-order valence-electron chi connectivity index (χ2n) is 4.08. The summed E-state index contributed by atoms with van der Waals surface area (Å²) in [4.78, 5) is 0. The van der Waals surface area contributed by atoms with E-state index in [1.54, 1.807) is 7.11 Å². The Kier molecular flexibility index (Phi) is 3.07. The number of hydrogen-bond donors (Lipinski definition) is 1. The van der Waals surface area contributed by atoms with Crippen LogP contribution in [-0.2, 0) is 6.42 Å². The third kappa shape index (κ3) is 2.60. The highest BCUT2D eigenvalue weighted by molar-refractivity contribution is 5.29. The number of rotatable bonds is 3. The molecule has 1 saturated carbocycles. The van der Waals surface area contributed by atoms with Gasteiger partial charge in [-0.15, -0.1) is 0 Å². The Morgan fingerprint density at radius 3 is 2.53 bits per heavy atom. The molecule has 1 aromatic carbocycles. The van der Waals surface area contributed by atoms with E-state index in [2.05, 4.69) is 18.2 Å². The standard InChI is InChI=1S/C13H17NO/c1-15-13-6-4-10(5-7-13)2-3-11-8-12(14)9-11/h3-7,12H,2,8-9,14H2,1H3. The summed E-state index contributed by atoms with van der Waals surface area (Å²) in [6, 6.07) is 8.62. The molecule has 0 bridgehead atoms. The molecule has 2 N–H and O–H groups in total. The summed E-state index contributed by atoms with van der Waals surface area (Å²) in [5.74, 6) is 0.914. The Bertz CT molecular complexity index is 345. The van der Waals surface area contributed by atoms with Crippen LogP contribution in [-0.4, -0.2) is 13.2 Å². The van der Waals surface area contributed by atoms with E-state index < -0.39 is 0 Å². The van der Waals surface area contributed by atoms with Crippen LogP contribution < -0.4 is 10.5 Å². The molecule has 0 radical (unpaired) electrons. The van der Waals surface area contributed by atoms with Gasteiger partial charge in [0.15, 0.2) is 0 Å². The van der Waals surface area contributed by atoms with Gasteiger partial charge in [-0.2, -0.15) is 0 Å². The minimum absolute atomic E-state index is 0.409. The fourth-order valence-corrected chi connectivity index (χ4v) is 1.80. The van der Waals surface area contributed by atoms with Crippen LogP contribution in [0.2, 0.25) is 0 Å². The van der Waals surface area contributed by atoms with Crippen molar-refractivity contribution in [3.63, 3.8) is 0 Å². The van der Waals surface area contributed by atoms with Gasteiger partial charge >= 0.3 is 0 Å². The Morgan fingerprint density at radius 2 is 2.00 bits per heavy atom. The van der Waals surface area contributed by atoms with Crippen LogP contribution in [0.4, 0.5) is 0 Å². The first-order chi connectivity index (χ1) is 7.28. The number of nitrogens with two attached hydrogens (primary N) is 1. The Hall–Kier alpha value is -1.28.